The van der Waals surface area contributed by atoms with Crippen LogP contribution in [-0.4, -0.2) is 23.6 Å². The minimum atomic E-state index is -0.465. The Hall–Kier alpha value is -6.80. The zero-order valence-corrected chi connectivity index (χ0v) is 25.4. The van der Waals surface area contributed by atoms with Crippen molar-refractivity contribution >= 4 is 46.4 Å². The molecule has 6 aromatic carbocycles. The lowest BCUT2D eigenvalue weighted by molar-refractivity contribution is 0.0910. The Morgan fingerprint density at radius 3 is 1.06 bits per heavy atom. The van der Waals surface area contributed by atoms with E-state index >= 15 is 0 Å². The first kappa shape index (κ1) is 28.7. The van der Waals surface area contributed by atoms with Gasteiger partial charge in [0.25, 0.3) is 23.6 Å². The van der Waals surface area contributed by atoms with E-state index in [1.165, 1.54) is 0 Å². The number of nitrogens with zero attached hydrogens (tertiary/aromatic N) is 2. The molecule has 8 rings (SSSR count). The highest BCUT2D eigenvalue weighted by atomic mass is 16.2. The van der Waals surface area contributed by atoms with Gasteiger partial charge in [0.05, 0.1) is 33.6 Å². The molecule has 48 heavy (non-hydrogen) atoms. The molecule has 0 saturated carbocycles. The lowest BCUT2D eigenvalue weighted by Crippen LogP contribution is -2.31. The van der Waals surface area contributed by atoms with Gasteiger partial charge in [0.15, 0.2) is 0 Å². The number of imide groups is 2. The van der Waals surface area contributed by atoms with Crippen LogP contribution in [0.3, 0.4) is 0 Å². The number of hydrogen-bond acceptors (Lipinski definition) is 6. The number of nitrogen functional groups attached to an aromatic ring is 2. The molecule has 0 unspecified atom stereocenters. The second kappa shape index (κ2) is 10.9. The summed E-state index contributed by atoms with van der Waals surface area (Å²) in [6.45, 7) is 0. The Morgan fingerprint density at radius 1 is 0.333 bits per heavy atom. The maximum Gasteiger partial charge on any atom is 0.266 e. The Morgan fingerprint density at radius 2 is 0.667 bits per heavy atom. The van der Waals surface area contributed by atoms with Crippen molar-refractivity contribution in [3.63, 3.8) is 0 Å². The second-order valence-electron chi connectivity index (χ2n) is 11.7. The zero-order chi connectivity index (χ0) is 33.1. The molecular weight excluding hydrogens is 600 g/mol. The van der Waals surface area contributed by atoms with Crippen molar-refractivity contribution in [2.75, 3.05) is 21.3 Å². The highest BCUT2D eigenvalue weighted by Gasteiger charge is 2.40. The number of anilines is 4. The molecule has 0 radical (unpaired) electrons. The highest BCUT2D eigenvalue weighted by molar-refractivity contribution is 6.37. The van der Waals surface area contributed by atoms with Gasteiger partial charge < -0.3 is 11.5 Å². The minimum absolute atomic E-state index is 0.287. The van der Waals surface area contributed by atoms with Crippen LogP contribution in [0.15, 0.2) is 133 Å². The molecular formula is C40H26N4O4. The minimum Gasteiger partial charge on any atom is -0.399 e. The van der Waals surface area contributed by atoms with E-state index in [1.807, 2.05) is 24.3 Å². The fraction of sp³-hybridized carbons (Fsp3) is 0. The maximum absolute atomic E-state index is 13.9. The van der Waals surface area contributed by atoms with Gasteiger partial charge >= 0.3 is 0 Å². The normalized spacial score (nSPS) is 13.7. The third-order valence-electron chi connectivity index (χ3n) is 8.84. The van der Waals surface area contributed by atoms with E-state index < -0.39 is 23.6 Å². The van der Waals surface area contributed by atoms with Crippen LogP contribution < -0.4 is 21.3 Å². The van der Waals surface area contributed by atoms with Crippen LogP contribution in [0.25, 0.3) is 33.4 Å². The first-order valence-electron chi connectivity index (χ1n) is 15.3. The lowest BCUT2D eigenvalue weighted by Gasteiger charge is -2.22. The Bertz CT molecular complexity index is 2180. The predicted octanol–water partition coefficient (Wildman–Crippen LogP) is 7.45. The third kappa shape index (κ3) is 4.46. The van der Waals surface area contributed by atoms with Crippen molar-refractivity contribution in [2.45, 2.75) is 0 Å². The monoisotopic (exact) mass is 626 g/mol. The largest absolute Gasteiger partial charge is 0.399 e. The topological polar surface area (TPSA) is 127 Å². The molecule has 0 saturated heterocycles. The van der Waals surface area contributed by atoms with Crippen molar-refractivity contribution in [1.29, 1.82) is 0 Å². The molecule has 0 fully saturated rings. The van der Waals surface area contributed by atoms with Crippen LogP contribution in [0.4, 0.5) is 22.7 Å². The summed E-state index contributed by atoms with van der Waals surface area (Å²) in [5.41, 5.74) is 19.1. The Labute approximate surface area is 275 Å². The molecule has 6 aromatic rings. The number of fused-ring (bicyclic) bond motifs is 2. The van der Waals surface area contributed by atoms with Gasteiger partial charge in [0.1, 0.15) is 0 Å². The van der Waals surface area contributed by atoms with Gasteiger partial charge in [0.2, 0.25) is 0 Å². The molecule has 0 aliphatic carbocycles. The van der Waals surface area contributed by atoms with Crippen LogP contribution in [0.1, 0.15) is 41.4 Å². The van der Waals surface area contributed by atoms with E-state index in [2.05, 4.69) is 0 Å². The highest BCUT2D eigenvalue weighted by Crippen LogP contribution is 2.43. The number of carbonyl (C=O) groups excluding carboxylic acids is 4. The average Bonchev–Trinajstić information content (AvgIpc) is 3.51. The fourth-order valence-corrected chi connectivity index (χ4v) is 6.42. The summed E-state index contributed by atoms with van der Waals surface area (Å²) in [6, 6.07) is 38.9. The smallest absolute Gasteiger partial charge is 0.266 e. The molecule has 230 valence electrons. The standard InChI is InChI=1S/C40H26N4O4/c41-27-15-9-23(10-16-27)25-13-19-31-33(21-25)39(47)43(37(31)45)35-7-3-1-5-29(35)30-6-2-4-8-36(30)44-38(46)32-20-14-26(22-34(32)40(44)48)24-11-17-28(42)18-12-24/h1-22H,41-42H2. The van der Waals surface area contributed by atoms with Gasteiger partial charge in [-0.2, -0.15) is 0 Å². The van der Waals surface area contributed by atoms with Gasteiger partial charge in [-0.05, 0) is 82.9 Å². The first-order chi connectivity index (χ1) is 23.3. The Kier molecular flexibility index (Phi) is 6.52. The predicted molar refractivity (Wildman–Crippen MR) is 187 cm³/mol. The quantitative estimate of drug-likeness (QED) is 0.151. The third-order valence-corrected chi connectivity index (χ3v) is 8.84. The van der Waals surface area contributed by atoms with Gasteiger partial charge in [-0.3, -0.25) is 19.2 Å². The Balaban J connectivity index is 1.17. The summed E-state index contributed by atoms with van der Waals surface area (Å²) >= 11 is 0. The van der Waals surface area contributed by atoms with Crippen LogP contribution in [0.5, 0.6) is 0 Å². The molecule has 8 heteroatoms. The van der Waals surface area contributed by atoms with Crippen molar-refractivity contribution in [2.24, 2.45) is 0 Å². The van der Waals surface area contributed by atoms with E-state index in [9.17, 15) is 19.2 Å². The van der Waals surface area contributed by atoms with Crippen LogP contribution >= 0.6 is 0 Å². The fourth-order valence-electron chi connectivity index (χ4n) is 6.42. The summed E-state index contributed by atoms with van der Waals surface area (Å²) in [5, 5.41) is 0. The molecule has 2 aliphatic rings. The van der Waals surface area contributed by atoms with Crippen LogP contribution in [0.2, 0.25) is 0 Å². The lowest BCUT2D eigenvalue weighted by atomic mass is 10.00. The van der Waals surface area contributed by atoms with Gasteiger partial charge in [-0.15, -0.1) is 0 Å². The SMILES string of the molecule is Nc1ccc(-c2ccc3c(c2)C(=O)N(c2ccccc2-c2ccccc2N2C(=O)c4ccc(-c5ccc(N)cc5)cc4C2=O)C3=O)cc1. The summed E-state index contributed by atoms with van der Waals surface area (Å²) in [6.07, 6.45) is 0. The summed E-state index contributed by atoms with van der Waals surface area (Å²) in [4.78, 5) is 57.8. The molecule has 0 atom stereocenters. The van der Waals surface area contributed by atoms with E-state index in [0.29, 0.717) is 45.0 Å². The number of nitrogens with two attached hydrogens (primary N) is 2. The number of amides is 4. The number of benzene rings is 6. The van der Waals surface area contributed by atoms with Crippen molar-refractivity contribution in [3.05, 3.63) is 156 Å². The molecule has 4 N–H and O–H groups in total. The van der Waals surface area contributed by atoms with Gasteiger partial charge in [0, 0.05) is 22.5 Å². The average molecular weight is 627 g/mol. The molecule has 0 aromatic heterocycles. The van der Waals surface area contributed by atoms with Gasteiger partial charge in [-0.25, -0.2) is 9.80 Å². The first-order valence-corrected chi connectivity index (χ1v) is 15.3. The molecule has 2 heterocycles. The molecule has 0 spiro atoms. The van der Waals surface area contributed by atoms with Crippen molar-refractivity contribution in [1.82, 2.24) is 0 Å². The zero-order valence-electron chi connectivity index (χ0n) is 25.4. The number of para-hydroxylation sites is 2. The summed E-state index contributed by atoms with van der Waals surface area (Å²) in [7, 11) is 0. The van der Waals surface area contributed by atoms with E-state index in [-0.39, 0.29) is 11.1 Å². The number of hydrogen-bond donors (Lipinski definition) is 2. The second-order valence-corrected chi connectivity index (χ2v) is 11.7. The van der Waals surface area contributed by atoms with Crippen LogP contribution in [-0.2, 0) is 0 Å². The molecule has 0 bridgehead atoms. The van der Waals surface area contributed by atoms with Gasteiger partial charge in [-0.1, -0.05) is 72.8 Å². The van der Waals surface area contributed by atoms with Crippen molar-refractivity contribution < 1.29 is 19.2 Å². The molecule has 4 amide bonds. The van der Waals surface area contributed by atoms with E-state index in [1.54, 1.807) is 109 Å². The van der Waals surface area contributed by atoms with Crippen molar-refractivity contribution in [3.8, 4) is 33.4 Å². The van der Waals surface area contributed by atoms with E-state index in [0.717, 1.165) is 32.1 Å². The maximum atomic E-state index is 13.9. The molecule has 2 aliphatic heterocycles. The number of carbonyl (C=O) groups is 4. The van der Waals surface area contributed by atoms with E-state index in [4.69, 9.17) is 11.5 Å². The summed E-state index contributed by atoms with van der Waals surface area (Å²) in [5.74, 6) is -1.85. The summed E-state index contributed by atoms with van der Waals surface area (Å²) < 4.78 is 0. The molecule has 8 nitrogen and oxygen atoms in total. The van der Waals surface area contributed by atoms with Crippen LogP contribution in [0, 0.1) is 0 Å². The number of rotatable bonds is 5.